The van der Waals surface area contributed by atoms with Crippen molar-refractivity contribution >= 4 is 15.9 Å². The van der Waals surface area contributed by atoms with Crippen molar-refractivity contribution in [3.63, 3.8) is 0 Å². The third-order valence-electron chi connectivity index (χ3n) is 4.43. The van der Waals surface area contributed by atoms with Gasteiger partial charge in [0.05, 0.1) is 4.90 Å². The fourth-order valence-electron chi connectivity index (χ4n) is 2.49. The normalized spacial score (nSPS) is 11.8. The monoisotopic (exact) mass is 389 g/mol. The van der Waals surface area contributed by atoms with Crippen LogP contribution in [-0.4, -0.2) is 38.8 Å². The first-order valence-electron chi connectivity index (χ1n) is 8.84. The van der Waals surface area contributed by atoms with E-state index >= 15 is 0 Å². The molecule has 0 aliphatic rings. The van der Waals surface area contributed by atoms with E-state index in [0.29, 0.717) is 23.5 Å². The summed E-state index contributed by atoms with van der Waals surface area (Å²) >= 11 is 0. The molecule has 0 spiro atoms. The molecule has 2 aromatic rings. The van der Waals surface area contributed by atoms with Gasteiger partial charge in [-0.3, -0.25) is 4.79 Å². The number of nitrogens with zero attached hydrogens (tertiary/aromatic N) is 1. The van der Waals surface area contributed by atoms with E-state index in [4.69, 9.17) is 0 Å². The summed E-state index contributed by atoms with van der Waals surface area (Å²) in [6, 6.07) is 14.2. The Labute approximate surface area is 161 Å². The highest BCUT2D eigenvalue weighted by molar-refractivity contribution is 7.89. The van der Waals surface area contributed by atoms with Gasteiger partial charge in [-0.15, -0.1) is 0 Å². The van der Waals surface area contributed by atoms with Gasteiger partial charge in [0, 0.05) is 38.8 Å². The summed E-state index contributed by atoms with van der Waals surface area (Å²) in [5, 5.41) is 5.91. The molecule has 0 fully saturated rings. The summed E-state index contributed by atoms with van der Waals surface area (Å²) in [4.78, 5) is 11.8. The largest absolute Gasteiger partial charge is 0.355 e. The zero-order valence-electron chi connectivity index (χ0n) is 16.2. The van der Waals surface area contributed by atoms with Gasteiger partial charge in [0.15, 0.2) is 0 Å². The summed E-state index contributed by atoms with van der Waals surface area (Å²) in [5.41, 5.74) is 2.70. The maximum atomic E-state index is 12.5. The molecular weight excluding hydrogens is 362 g/mol. The molecule has 7 heteroatoms. The minimum absolute atomic E-state index is 0.0915. The first kappa shape index (κ1) is 21.1. The smallest absolute Gasteiger partial charge is 0.251 e. The molecule has 0 aliphatic carbocycles. The Balaban J connectivity index is 1.93. The van der Waals surface area contributed by atoms with Gasteiger partial charge in [-0.25, -0.2) is 8.42 Å². The van der Waals surface area contributed by atoms with Crippen molar-refractivity contribution in [3.05, 3.63) is 65.2 Å². The number of hydrogen-bond donors (Lipinski definition) is 2. The molecule has 0 bridgehead atoms. The summed E-state index contributed by atoms with van der Waals surface area (Å²) in [7, 11) is -0.257. The standard InChI is InChI=1S/C20H27N3O3S/c1-15(2)23(4)27(25,26)19-11-7-17(8-12-19)14-22-13-16-5-9-18(10-6-16)20(24)21-3/h5-12,15,22H,13-14H2,1-4H3,(H,21,24). The van der Waals surface area contributed by atoms with E-state index < -0.39 is 10.0 Å². The van der Waals surface area contributed by atoms with E-state index in [1.165, 1.54) is 4.31 Å². The number of sulfonamides is 1. The van der Waals surface area contributed by atoms with Gasteiger partial charge >= 0.3 is 0 Å². The van der Waals surface area contributed by atoms with Gasteiger partial charge in [-0.1, -0.05) is 24.3 Å². The topological polar surface area (TPSA) is 78.5 Å². The van der Waals surface area contributed by atoms with Crippen LogP contribution in [0.5, 0.6) is 0 Å². The number of rotatable bonds is 8. The molecule has 0 unspecified atom stereocenters. The van der Waals surface area contributed by atoms with Crippen molar-refractivity contribution in [2.24, 2.45) is 0 Å². The number of carbonyl (C=O) groups excluding carboxylic acids is 1. The van der Waals surface area contributed by atoms with E-state index in [1.807, 2.05) is 38.1 Å². The van der Waals surface area contributed by atoms with Gasteiger partial charge in [-0.2, -0.15) is 4.31 Å². The number of hydrogen-bond acceptors (Lipinski definition) is 4. The maximum absolute atomic E-state index is 12.5. The summed E-state index contributed by atoms with van der Waals surface area (Å²) < 4.78 is 26.3. The third-order valence-corrected chi connectivity index (χ3v) is 6.48. The van der Waals surface area contributed by atoms with Crippen LogP contribution in [0.25, 0.3) is 0 Å². The molecule has 0 heterocycles. The predicted octanol–water partition coefficient (Wildman–Crippen LogP) is 2.36. The zero-order chi connectivity index (χ0) is 20.0. The maximum Gasteiger partial charge on any atom is 0.251 e. The fraction of sp³-hybridized carbons (Fsp3) is 0.350. The molecule has 1 amide bonds. The predicted molar refractivity (Wildman–Crippen MR) is 107 cm³/mol. The van der Waals surface area contributed by atoms with Gasteiger partial charge in [-0.05, 0) is 49.2 Å². The van der Waals surface area contributed by atoms with Crippen molar-refractivity contribution in [1.29, 1.82) is 0 Å². The Kier molecular flexibility index (Phi) is 7.12. The van der Waals surface area contributed by atoms with Crippen LogP contribution in [0.3, 0.4) is 0 Å². The highest BCUT2D eigenvalue weighted by Gasteiger charge is 2.22. The Hall–Kier alpha value is -2.22. The van der Waals surface area contributed by atoms with Crippen LogP contribution in [0.2, 0.25) is 0 Å². The van der Waals surface area contributed by atoms with Crippen LogP contribution in [0.1, 0.15) is 35.3 Å². The number of nitrogens with one attached hydrogen (secondary N) is 2. The van der Waals surface area contributed by atoms with Crippen molar-refractivity contribution in [2.45, 2.75) is 37.9 Å². The SMILES string of the molecule is CNC(=O)c1ccc(CNCc2ccc(S(=O)(=O)N(C)C(C)C)cc2)cc1. The minimum Gasteiger partial charge on any atom is -0.355 e. The van der Waals surface area contributed by atoms with Crippen LogP contribution in [-0.2, 0) is 23.1 Å². The summed E-state index contributed by atoms with van der Waals surface area (Å²) in [5.74, 6) is -0.104. The minimum atomic E-state index is -3.45. The van der Waals surface area contributed by atoms with Crippen LogP contribution in [0.15, 0.2) is 53.4 Å². The first-order valence-corrected chi connectivity index (χ1v) is 10.3. The molecule has 6 nitrogen and oxygen atoms in total. The van der Waals surface area contributed by atoms with Crippen LogP contribution < -0.4 is 10.6 Å². The highest BCUT2D eigenvalue weighted by Crippen LogP contribution is 2.17. The molecule has 0 aromatic heterocycles. The average molecular weight is 390 g/mol. The Morgan fingerprint density at radius 2 is 1.44 bits per heavy atom. The van der Waals surface area contributed by atoms with E-state index in [1.54, 1.807) is 38.4 Å². The van der Waals surface area contributed by atoms with Crippen molar-refractivity contribution in [1.82, 2.24) is 14.9 Å². The van der Waals surface area contributed by atoms with Crippen molar-refractivity contribution in [3.8, 4) is 0 Å². The molecule has 0 aliphatic heterocycles. The van der Waals surface area contributed by atoms with E-state index in [0.717, 1.165) is 11.1 Å². The molecule has 2 aromatic carbocycles. The fourth-order valence-corrected chi connectivity index (χ4v) is 3.86. The van der Waals surface area contributed by atoms with Gasteiger partial charge in [0.2, 0.25) is 10.0 Å². The number of carbonyl (C=O) groups is 1. The van der Waals surface area contributed by atoms with Gasteiger partial charge < -0.3 is 10.6 Å². The lowest BCUT2D eigenvalue weighted by atomic mass is 10.1. The molecule has 0 saturated carbocycles. The second-order valence-corrected chi connectivity index (χ2v) is 8.64. The van der Waals surface area contributed by atoms with Crippen molar-refractivity contribution in [2.75, 3.05) is 14.1 Å². The summed E-state index contributed by atoms with van der Waals surface area (Å²) in [6.45, 7) is 4.97. The molecule has 2 N–H and O–H groups in total. The lowest BCUT2D eigenvalue weighted by Gasteiger charge is -2.21. The van der Waals surface area contributed by atoms with Crippen LogP contribution in [0, 0.1) is 0 Å². The Morgan fingerprint density at radius 1 is 0.963 bits per heavy atom. The Morgan fingerprint density at radius 3 is 1.89 bits per heavy atom. The van der Waals surface area contributed by atoms with E-state index in [2.05, 4.69) is 10.6 Å². The van der Waals surface area contributed by atoms with Crippen LogP contribution >= 0.6 is 0 Å². The Bertz CT molecular complexity index is 860. The first-order chi connectivity index (χ1) is 12.8. The quantitative estimate of drug-likeness (QED) is 0.727. The lowest BCUT2D eigenvalue weighted by Crippen LogP contribution is -2.33. The second kappa shape index (κ2) is 9.12. The number of amides is 1. The molecule has 146 valence electrons. The van der Waals surface area contributed by atoms with Gasteiger partial charge in [0.25, 0.3) is 5.91 Å². The molecule has 0 radical (unpaired) electrons. The third kappa shape index (κ3) is 5.38. The lowest BCUT2D eigenvalue weighted by molar-refractivity contribution is 0.0963. The molecule has 27 heavy (non-hydrogen) atoms. The van der Waals surface area contributed by atoms with E-state index in [-0.39, 0.29) is 11.9 Å². The molecule has 2 rings (SSSR count). The molecule has 0 atom stereocenters. The molecule has 0 saturated heterocycles. The van der Waals surface area contributed by atoms with E-state index in [9.17, 15) is 13.2 Å². The van der Waals surface area contributed by atoms with Crippen molar-refractivity contribution < 1.29 is 13.2 Å². The van der Waals surface area contributed by atoms with Gasteiger partial charge in [0.1, 0.15) is 0 Å². The second-order valence-electron chi connectivity index (χ2n) is 6.64. The highest BCUT2D eigenvalue weighted by atomic mass is 32.2. The molecular formula is C20H27N3O3S. The summed E-state index contributed by atoms with van der Waals surface area (Å²) in [6.07, 6.45) is 0. The number of benzene rings is 2. The zero-order valence-corrected chi connectivity index (χ0v) is 17.0. The van der Waals surface area contributed by atoms with Crippen LogP contribution in [0.4, 0.5) is 0 Å². The average Bonchev–Trinajstić information content (AvgIpc) is 2.67.